The van der Waals surface area contributed by atoms with E-state index in [1.165, 1.54) is 0 Å². The van der Waals surface area contributed by atoms with E-state index in [4.69, 9.17) is 0 Å². The summed E-state index contributed by atoms with van der Waals surface area (Å²) in [5, 5.41) is 33.1. The Balaban J connectivity index is 2.14. The lowest BCUT2D eigenvalue weighted by molar-refractivity contribution is 0.262. The number of urea groups is 1. The van der Waals surface area contributed by atoms with E-state index in [9.17, 15) is 20.1 Å². The number of benzene rings is 2. The fourth-order valence-electron chi connectivity index (χ4n) is 1.85. The van der Waals surface area contributed by atoms with Gasteiger partial charge in [0.1, 0.15) is 0 Å². The standard InChI is InChI=1S/C15H16N2O4/c1-8-4-3-5-11(9(8)2)17-15(21)16-10-6-12(18)14(20)13(19)7-10/h3-7,18-20H,1-2H3,(H2,16,17,21). The van der Waals surface area contributed by atoms with Crippen molar-refractivity contribution in [3.8, 4) is 17.2 Å². The summed E-state index contributed by atoms with van der Waals surface area (Å²) >= 11 is 0. The molecule has 6 nitrogen and oxygen atoms in total. The first-order valence-corrected chi connectivity index (χ1v) is 6.27. The fourth-order valence-corrected chi connectivity index (χ4v) is 1.85. The van der Waals surface area contributed by atoms with Gasteiger partial charge < -0.3 is 26.0 Å². The van der Waals surface area contributed by atoms with E-state index >= 15 is 0 Å². The molecule has 2 aromatic carbocycles. The van der Waals surface area contributed by atoms with Crippen molar-refractivity contribution < 1.29 is 20.1 Å². The van der Waals surface area contributed by atoms with Crippen molar-refractivity contribution in [2.45, 2.75) is 13.8 Å². The van der Waals surface area contributed by atoms with Gasteiger partial charge in [0.15, 0.2) is 17.2 Å². The van der Waals surface area contributed by atoms with Crippen molar-refractivity contribution in [2.75, 3.05) is 10.6 Å². The van der Waals surface area contributed by atoms with Crippen LogP contribution >= 0.6 is 0 Å². The average molecular weight is 288 g/mol. The summed E-state index contributed by atoms with van der Waals surface area (Å²) in [5.74, 6) is -1.66. The summed E-state index contributed by atoms with van der Waals surface area (Å²) in [4.78, 5) is 11.9. The molecule has 2 rings (SSSR count). The van der Waals surface area contributed by atoms with E-state index in [0.29, 0.717) is 5.69 Å². The first-order valence-electron chi connectivity index (χ1n) is 6.27. The largest absolute Gasteiger partial charge is 0.504 e. The second-order valence-corrected chi connectivity index (χ2v) is 4.69. The molecule has 0 fully saturated rings. The van der Waals surface area contributed by atoms with Crippen LogP contribution in [0.5, 0.6) is 17.2 Å². The van der Waals surface area contributed by atoms with Gasteiger partial charge in [0, 0.05) is 17.8 Å². The number of amides is 2. The lowest BCUT2D eigenvalue weighted by Gasteiger charge is -2.12. The minimum atomic E-state index is -0.629. The average Bonchev–Trinajstić information content (AvgIpc) is 2.41. The highest BCUT2D eigenvalue weighted by Gasteiger charge is 2.11. The topological polar surface area (TPSA) is 102 Å². The predicted molar refractivity (Wildman–Crippen MR) is 80.0 cm³/mol. The number of aromatic hydroxyl groups is 3. The lowest BCUT2D eigenvalue weighted by Crippen LogP contribution is -2.20. The highest BCUT2D eigenvalue weighted by Crippen LogP contribution is 2.37. The first kappa shape index (κ1) is 14.5. The van der Waals surface area contributed by atoms with Crippen LogP contribution in [0.1, 0.15) is 11.1 Å². The highest BCUT2D eigenvalue weighted by atomic mass is 16.3. The van der Waals surface area contributed by atoms with Gasteiger partial charge in [-0.05, 0) is 31.0 Å². The van der Waals surface area contributed by atoms with Crippen molar-refractivity contribution in [1.82, 2.24) is 0 Å². The molecule has 0 unspecified atom stereocenters. The molecular formula is C15H16N2O4. The number of phenolic OH excluding ortho intramolecular Hbond substituents is 3. The number of hydrogen-bond donors (Lipinski definition) is 5. The van der Waals surface area contributed by atoms with E-state index in [0.717, 1.165) is 23.3 Å². The summed E-state index contributed by atoms with van der Waals surface area (Å²) in [6.07, 6.45) is 0. The molecule has 0 aliphatic carbocycles. The molecule has 6 heteroatoms. The molecule has 0 aromatic heterocycles. The van der Waals surface area contributed by atoms with Gasteiger partial charge in [-0.2, -0.15) is 0 Å². The Labute approximate surface area is 121 Å². The summed E-state index contributed by atoms with van der Waals surface area (Å²) in [6.45, 7) is 3.83. The van der Waals surface area contributed by atoms with Crippen molar-refractivity contribution in [3.63, 3.8) is 0 Å². The van der Waals surface area contributed by atoms with Crippen LogP contribution in [-0.4, -0.2) is 21.4 Å². The summed E-state index contributed by atoms with van der Waals surface area (Å²) in [5.41, 5.74) is 2.82. The fraction of sp³-hybridized carbons (Fsp3) is 0.133. The Morgan fingerprint density at radius 2 is 1.62 bits per heavy atom. The lowest BCUT2D eigenvalue weighted by atomic mass is 10.1. The molecule has 2 amide bonds. The minimum absolute atomic E-state index is 0.158. The number of aryl methyl sites for hydroxylation is 1. The van der Waals surface area contributed by atoms with Crippen LogP contribution in [0.15, 0.2) is 30.3 Å². The third kappa shape index (κ3) is 3.17. The highest BCUT2D eigenvalue weighted by molar-refractivity contribution is 6.00. The molecule has 21 heavy (non-hydrogen) atoms. The van der Waals surface area contributed by atoms with Gasteiger partial charge in [-0.15, -0.1) is 0 Å². The molecule has 0 aliphatic rings. The maximum atomic E-state index is 11.9. The minimum Gasteiger partial charge on any atom is -0.504 e. The number of carbonyl (C=O) groups is 1. The number of rotatable bonds is 2. The third-order valence-corrected chi connectivity index (χ3v) is 3.18. The van der Waals surface area contributed by atoms with Crippen LogP contribution in [0.2, 0.25) is 0 Å². The number of anilines is 2. The molecule has 0 radical (unpaired) electrons. The van der Waals surface area contributed by atoms with Crippen LogP contribution < -0.4 is 10.6 Å². The van der Waals surface area contributed by atoms with E-state index in [2.05, 4.69) is 10.6 Å². The molecular weight excluding hydrogens is 272 g/mol. The Kier molecular flexibility index (Phi) is 3.89. The molecule has 0 saturated carbocycles. The maximum absolute atomic E-state index is 11.9. The Morgan fingerprint density at radius 1 is 1.00 bits per heavy atom. The molecule has 0 aliphatic heterocycles. The van der Waals surface area contributed by atoms with Gasteiger partial charge >= 0.3 is 6.03 Å². The number of phenols is 3. The smallest absolute Gasteiger partial charge is 0.323 e. The second-order valence-electron chi connectivity index (χ2n) is 4.69. The molecule has 0 atom stereocenters. The van der Waals surface area contributed by atoms with Crippen LogP contribution in [-0.2, 0) is 0 Å². The molecule has 110 valence electrons. The summed E-state index contributed by atoms with van der Waals surface area (Å²) in [6, 6.07) is 7.29. The normalized spacial score (nSPS) is 10.2. The number of carbonyl (C=O) groups excluding carboxylic acids is 1. The molecule has 0 bridgehead atoms. The van der Waals surface area contributed by atoms with Crippen LogP contribution in [0.25, 0.3) is 0 Å². The van der Waals surface area contributed by atoms with Crippen LogP contribution in [0.3, 0.4) is 0 Å². The van der Waals surface area contributed by atoms with Crippen molar-refractivity contribution in [2.24, 2.45) is 0 Å². The molecule has 0 heterocycles. The van der Waals surface area contributed by atoms with Crippen molar-refractivity contribution in [3.05, 3.63) is 41.5 Å². The van der Waals surface area contributed by atoms with E-state index in [1.54, 1.807) is 6.07 Å². The van der Waals surface area contributed by atoms with Crippen LogP contribution in [0, 0.1) is 13.8 Å². The number of hydrogen-bond acceptors (Lipinski definition) is 4. The Morgan fingerprint density at radius 3 is 2.24 bits per heavy atom. The van der Waals surface area contributed by atoms with Gasteiger partial charge in [-0.3, -0.25) is 0 Å². The van der Waals surface area contributed by atoms with Crippen molar-refractivity contribution in [1.29, 1.82) is 0 Å². The zero-order valence-electron chi connectivity index (χ0n) is 11.6. The van der Waals surface area contributed by atoms with Crippen LogP contribution in [0.4, 0.5) is 16.2 Å². The summed E-state index contributed by atoms with van der Waals surface area (Å²) in [7, 11) is 0. The molecule has 0 spiro atoms. The van der Waals surface area contributed by atoms with Gasteiger partial charge in [-0.25, -0.2) is 4.79 Å². The maximum Gasteiger partial charge on any atom is 0.323 e. The molecule has 0 saturated heterocycles. The van der Waals surface area contributed by atoms with E-state index in [1.807, 2.05) is 26.0 Å². The molecule has 2 aromatic rings. The van der Waals surface area contributed by atoms with E-state index < -0.39 is 23.3 Å². The number of nitrogens with one attached hydrogen (secondary N) is 2. The van der Waals surface area contributed by atoms with Gasteiger partial charge in [0.05, 0.1) is 5.69 Å². The Bertz CT molecular complexity index is 675. The zero-order valence-corrected chi connectivity index (χ0v) is 11.6. The SMILES string of the molecule is Cc1cccc(NC(=O)Nc2cc(O)c(O)c(O)c2)c1C. The summed E-state index contributed by atoms with van der Waals surface area (Å²) < 4.78 is 0. The van der Waals surface area contributed by atoms with E-state index in [-0.39, 0.29) is 5.69 Å². The molecule has 5 N–H and O–H groups in total. The van der Waals surface area contributed by atoms with Gasteiger partial charge in [0.2, 0.25) is 0 Å². The van der Waals surface area contributed by atoms with Gasteiger partial charge in [0.25, 0.3) is 0 Å². The second kappa shape index (κ2) is 5.62. The third-order valence-electron chi connectivity index (χ3n) is 3.18. The zero-order chi connectivity index (χ0) is 15.6. The monoisotopic (exact) mass is 288 g/mol. The first-order chi connectivity index (χ1) is 9.88. The Hall–Kier alpha value is -2.89. The van der Waals surface area contributed by atoms with Crippen molar-refractivity contribution >= 4 is 17.4 Å². The predicted octanol–water partition coefficient (Wildman–Crippen LogP) is 3.06. The quantitative estimate of drug-likeness (QED) is 0.433. The van der Waals surface area contributed by atoms with Gasteiger partial charge in [-0.1, -0.05) is 12.1 Å².